The highest BCUT2D eigenvalue weighted by Gasteiger charge is 2.65. The second kappa shape index (κ2) is 8.90. The fraction of sp³-hybridized carbons (Fsp3) is 0.690. The van der Waals surface area contributed by atoms with Crippen LogP contribution in [-0.4, -0.2) is 40.4 Å². The van der Waals surface area contributed by atoms with Crippen molar-refractivity contribution in [1.29, 1.82) is 5.26 Å². The third kappa shape index (κ3) is 3.55. The molecule has 9 atom stereocenters. The van der Waals surface area contributed by atoms with Crippen molar-refractivity contribution in [2.75, 3.05) is 7.11 Å². The Hall–Kier alpha value is -1.74. The number of aliphatic hydroxyl groups is 1. The second-order valence-electron chi connectivity index (χ2n) is 12.6. The number of ether oxygens (including phenoxy) is 1. The number of nitrogens with zero attached hydrogens (tertiary/aromatic N) is 3. The summed E-state index contributed by atoms with van der Waals surface area (Å²) >= 11 is 6.53. The minimum atomic E-state index is -2.60. The molecule has 6 rings (SSSR count). The Labute approximate surface area is 225 Å². The molecule has 198 valence electrons. The highest BCUT2D eigenvalue weighted by Crippen LogP contribution is 2.72. The minimum Gasteiger partial charge on any atom is -0.497 e. The van der Waals surface area contributed by atoms with Crippen LogP contribution in [0.4, 0.5) is 0 Å². The van der Waals surface area contributed by atoms with E-state index in [1.807, 2.05) is 30.3 Å². The van der Waals surface area contributed by atoms with Gasteiger partial charge in [0.15, 0.2) is 0 Å². The molecule has 1 aromatic carbocycles. The quantitative estimate of drug-likeness (QED) is 0.533. The minimum absolute atomic E-state index is 0.0542. The Bertz CT molecular complexity index is 1230. The van der Waals surface area contributed by atoms with Crippen LogP contribution >= 0.6 is 6.19 Å². The maximum Gasteiger partial charge on any atom is 0.261 e. The van der Waals surface area contributed by atoms with Gasteiger partial charge in [0.2, 0.25) is 0 Å². The summed E-state index contributed by atoms with van der Waals surface area (Å²) in [4.78, 5) is 13.2. The third-order valence-corrected chi connectivity index (χ3v) is 16.3. The fourth-order valence-electron chi connectivity index (χ4n) is 9.28. The lowest BCUT2D eigenvalue weighted by Crippen LogP contribution is -2.54. The van der Waals surface area contributed by atoms with E-state index in [2.05, 4.69) is 13.8 Å². The molecule has 0 radical (unpaired) electrons. The number of benzene rings is 1. The van der Waals surface area contributed by atoms with Gasteiger partial charge in [-0.3, -0.25) is 4.79 Å². The number of nitriles is 1. The monoisotopic (exact) mass is 539 g/mol. The third-order valence-electron chi connectivity index (χ3n) is 11.2. The molecule has 0 aromatic heterocycles. The number of amides is 1. The first-order valence-corrected chi connectivity index (χ1v) is 16.7. The Kier molecular flexibility index (Phi) is 6.14. The van der Waals surface area contributed by atoms with Crippen molar-refractivity contribution in [3.05, 3.63) is 24.3 Å². The summed E-state index contributed by atoms with van der Waals surface area (Å²) in [5.41, 5.74) is 1.47. The van der Waals surface area contributed by atoms with E-state index in [1.54, 1.807) is 11.9 Å². The molecule has 1 N–H and O–H groups in total. The molecule has 1 heterocycles. The predicted octanol–water partition coefficient (Wildman–Crippen LogP) is 5.21. The first-order chi connectivity index (χ1) is 17.7. The molecule has 1 aliphatic heterocycles. The van der Waals surface area contributed by atoms with Crippen LogP contribution < -0.4 is 10.0 Å². The van der Waals surface area contributed by atoms with Gasteiger partial charge in [0.25, 0.3) is 5.91 Å². The van der Waals surface area contributed by atoms with Crippen LogP contribution in [0, 0.1) is 45.8 Å². The molecule has 1 amide bonds. The van der Waals surface area contributed by atoms with Crippen LogP contribution in [0.15, 0.2) is 29.4 Å². The predicted molar refractivity (Wildman–Crippen MR) is 148 cm³/mol. The first-order valence-electron chi connectivity index (χ1n) is 13.9. The maximum atomic E-state index is 13.2. The SMILES string of the molecule is COc1ccc(P2(=S)[C@H]3C[C@H]4C5CC[C@H]6C[C@@H](O)CC[C@]6(C)C5CC[C@]4(C)C3=NN2C(=O)CC#N)cc1. The summed E-state index contributed by atoms with van der Waals surface area (Å²) in [6.45, 7) is 4.90. The van der Waals surface area contributed by atoms with E-state index in [9.17, 15) is 15.2 Å². The zero-order valence-electron chi connectivity index (χ0n) is 22.1. The molecule has 4 aliphatic carbocycles. The number of rotatable bonds is 3. The number of carbonyl (C=O) groups excluding carboxylic acids is 1. The van der Waals surface area contributed by atoms with Crippen LogP contribution in [0.5, 0.6) is 5.75 Å². The van der Waals surface area contributed by atoms with Gasteiger partial charge in [-0.15, -0.1) is 0 Å². The molecular weight excluding hydrogens is 501 g/mol. The van der Waals surface area contributed by atoms with Crippen molar-refractivity contribution in [1.82, 2.24) is 4.78 Å². The largest absolute Gasteiger partial charge is 0.497 e. The summed E-state index contributed by atoms with van der Waals surface area (Å²) in [7, 11) is 1.65. The average molecular weight is 540 g/mol. The van der Waals surface area contributed by atoms with Gasteiger partial charge in [-0.05, 0) is 105 Å². The molecule has 1 aromatic rings. The van der Waals surface area contributed by atoms with E-state index < -0.39 is 6.19 Å². The van der Waals surface area contributed by atoms with E-state index in [1.165, 1.54) is 19.3 Å². The number of fused-ring (bicyclic) bond motifs is 7. The van der Waals surface area contributed by atoms with Gasteiger partial charge in [-0.2, -0.15) is 15.1 Å². The van der Waals surface area contributed by atoms with Crippen LogP contribution in [0.1, 0.15) is 71.6 Å². The number of methoxy groups -OCH3 is 1. The Morgan fingerprint density at radius 1 is 1.19 bits per heavy atom. The van der Waals surface area contributed by atoms with Gasteiger partial charge in [-0.25, -0.2) is 0 Å². The maximum absolute atomic E-state index is 13.2. The van der Waals surface area contributed by atoms with E-state index in [-0.39, 0.29) is 29.5 Å². The van der Waals surface area contributed by atoms with Gasteiger partial charge >= 0.3 is 0 Å². The topological polar surface area (TPSA) is 85.9 Å². The number of aliphatic hydroxyl groups excluding tert-OH is 1. The Morgan fingerprint density at radius 3 is 2.65 bits per heavy atom. The molecule has 3 unspecified atom stereocenters. The van der Waals surface area contributed by atoms with Gasteiger partial charge in [0.05, 0.1) is 36.8 Å². The number of hydrogen-bond donors (Lipinski definition) is 1. The van der Waals surface area contributed by atoms with Crippen molar-refractivity contribution in [3.8, 4) is 11.8 Å². The fourth-order valence-corrected chi connectivity index (χ4v) is 13.8. The zero-order valence-corrected chi connectivity index (χ0v) is 23.8. The lowest BCUT2D eigenvalue weighted by molar-refractivity contribution is -0.125. The molecule has 0 spiro atoms. The van der Waals surface area contributed by atoms with Crippen molar-refractivity contribution in [2.45, 2.75) is 83.4 Å². The number of carbonyl (C=O) groups is 1. The van der Waals surface area contributed by atoms with E-state index in [4.69, 9.17) is 21.6 Å². The summed E-state index contributed by atoms with van der Waals surface area (Å²) < 4.78 is 6.97. The molecule has 0 saturated heterocycles. The van der Waals surface area contributed by atoms with Gasteiger partial charge in [-0.1, -0.05) is 25.7 Å². The Balaban J connectivity index is 1.39. The first kappa shape index (κ1) is 25.5. The van der Waals surface area contributed by atoms with Gasteiger partial charge in [0.1, 0.15) is 12.2 Å². The van der Waals surface area contributed by atoms with Crippen molar-refractivity contribution in [3.63, 3.8) is 0 Å². The molecule has 37 heavy (non-hydrogen) atoms. The number of hydrazone groups is 1. The zero-order chi connectivity index (χ0) is 26.2. The van der Waals surface area contributed by atoms with Crippen LogP contribution in [0.2, 0.25) is 0 Å². The average Bonchev–Trinajstić information content (AvgIpc) is 3.36. The van der Waals surface area contributed by atoms with Crippen LogP contribution in [0.3, 0.4) is 0 Å². The lowest BCUT2D eigenvalue weighted by atomic mass is 9.45. The van der Waals surface area contributed by atoms with Crippen LogP contribution in [0.25, 0.3) is 0 Å². The lowest BCUT2D eigenvalue weighted by Gasteiger charge is -2.60. The van der Waals surface area contributed by atoms with E-state index in [0.29, 0.717) is 29.1 Å². The second-order valence-corrected chi connectivity index (χ2v) is 17.1. The highest BCUT2D eigenvalue weighted by atomic mass is 32.4. The summed E-state index contributed by atoms with van der Waals surface area (Å²) in [6.07, 6.45) is 5.78. The van der Waals surface area contributed by atoms with Crippen molar-refractivity contribution in [2.24, 2.45) is 39.6 Å². The molecule has 8 heteroatoms. The Morgan fingerprint density at radius 2 is 1.95 bits per heavy atom. The molecular formula is C29H38N3O3PS. The van der Waals surface area contributed by atoms with Crippen molar-refractivity contribution < 1.29 is 14.6 Å². The summed E-state index contributed by atoms with van der Waals surface area (Å²) in [6, 6.07) is 9.90. The molecule has 6 nitrogen and oxygen atoms in total. The summed E-state index contributed by atoms with van der Waals surface area (Å²) in [5, 5.41) is 25.7. The van der Waals surface area contributed by atoms with E-state index in [0.717, 1.165) is 48.9 Å². The van der Waals surface area contributed by atoms with Gasteiger partial charge in [0, 0.05) is 10.7 Å². The number of hydrogen-bond acceptors (Lipinski definition) is 6. The molecule has 4 saturated carbocycles. The van der Waals surface area contributed by atoms with Gasteiger partial charge < -0.3 is 9.84 Å². The van der Waals surface area contributed by atoms with E-state index >= 15 is 0 Å². The molecule has 0 bridgehead atoms. The molecule has 5 aliphatic rings. The van der Waals surface area contributed by atoms with Crippen molar-refractivity contribution >= 4 is 34.9 Å². The smallest absolute Gasteiger partial charge is 0.261 e. The molecule has 4 fully saturated rings. The van der Waals surface area contributed by atoms with Crippen LogP contribution in [-0.2, 0) is 16.6 Å². The highest BCUT2D eigenvalue weighted by molar-refractivity contribution is 8.18. The standard InChI is InChI=1S/C29H38N3O3PS/c1-28-13-10-19(33)16-18(28)4-9-22-23(28)11-14-29(2)24(22)17-25-27(29)31-32(26(34)12-15-30)36(25,37)21-7-5-20(35-3)6-8-21/h5-8,18-19,22-25,33H,4,9-14,16-17H2,1-3H3/t18-,19-,22?,23?,24-,25-,28-,29-,36?/m0/s1. The summed E-state index contributed by atoms with van der Waals surface area (Å²) in [5.74, 6) is 2.97. The normalized spacial score (nSPS) is 44.1.